The van der Waals surface area contributed by atoms with Gasteiger partial charge in [-0.1, -0.05) is 41.5 Å². The molecule has 0 aromatic carbocycles. The Balaban J connectivity index is -0.0000000288. The monoisotopic (exact) mass is 482 g/mol. The molecule has 0 aromatic heterocycles. The van der Waals surface area contributed by atoms with Crippen LogP contribution in [0.5, 0.6) is 0 Å². The molecule has 6 N–H and O–H groups in total. The van der Waals surface area contributed by atoms with Crippen LogP contribution < -0.4 is 0 Å². The number of alkyl halides is 4. The molecule has 0 aliphatic rings. The van der Waals surface area contributed by atoms with Crippen molar-refractivity contribution in [3.05, 3.63) is 0 Å². The Morgan fingerprint density at radius 3 is 0.542 bits per heavy atom. The van der Waals surface area contributed by atoms with Gasteiger partial charge in [0.15, 0.2) is 0 Å². The van der Waals surface area contributed by atoms with Crippen molar-refractivity contribution in [3.63, 3.8) is 0 Å². The lowest BCUT2D eigenvalue weighted by molar-refractivity contribution is 0.272. The van der Waals surface area contributed by atoms with Gasteiger partial charge in [0.05, 0.1) is 0 Å². The molecule has 0 atom stereocenters. The van der Waals surface area contributed by atoms with E-state index in [0.29, 0.717) is 0 Å². The molecule has 0 unspecified atom stereocenters. The molecule has 0 saturated carbocycles. The van der Waals surface area contributed by atoms with Crippen LogP contribution in [0, 0.1) is 0 Å². The zero-order valence-corrected chi connectivity index (χ0v) is 19.5. The maximum absolute atomic E-state index is 8.88. The lowest BCUT2D eigenvalue weighted by Crippen LogP contribution is -1.66. The summed E-state index contributed by atoms with van der Waals surface area (Å²) in [6, 6.07) is 0. The summed E-state index contributed by atoms with van der Waals surface area (Å²) >= 11 is 20.0. The molecule has 0 aliphatic carbocycles. The van der Waals surface area contributed by atoms with Crippen molar-refractivity contribution in [1.29, 1.82) is 0 Å². The second kappa shape index (κ2) is 44.1. The molecule has 8 nitrogen and oxygen atoms in total. The van der Waals surface area contributed by atoms with Crippen molar-refractivity contribution in [2.24, 2.45) is 0 Å². The molecule has 0 amide bonds. The largest absolute Gasteiger partial charge is 0.466 e. The van der Waals surface area contributed by atoms with Crippen molar-refractivity contribution in [3.8, 4) is 0 Å². The van der Waals surface area contributed by atoms with E-state index in [1.165, 1.54) is 0 Å². The highest BCUT2D eigenvalue weighted by Gasteiger charge is 2.00. The Morgan fingerprint density at radius 2 is 0.542 bits per heavy atom. The minimum absolute atomic E-state index is 0.722. The maximum Gasteiger partial charge on any atom is 0.466 e. The van der Waals surface area contributed by atoms with E-state index in [0.717, 1.165) is 23.5 Å². The number of hydrogen-bond donors (Lipinski definition) is 6. The molecule has 0 bridgehead atoms. The van der Waals surface area contributed by atoms with Gasteiger partial charge in [-0.05, 0) is 0 Å². The van der Waals surface area contributed by atoms with Gasteiger partial charge >= 0.3 is 15.6 Å². The van der Waals surface area contributed by atoms with E-state index < -0.39 is 15.6 Å². The average molecular weight is 484 g/mol. The summed E-state index contributed by atoms with van der Waals surface area (Å²) in [5.41, 5.74) is 0. The van der Waals surface area contributed by atoms with Gasteiger partial charge in [-0.2, -0.15) is 0 Å². The third-order valence-electron chi connectivity index (χ3n) is 0. The molecule has 0 aliphatic heterocycles. The van der Waals surface area contributed by atoms with E-state index in [-0.39, 0.29) is 0 Å². The number of hydrogen-bond acceptors (Lipinski definition) is 2. The van der Waals surface area contributed by atoms with Crippen LogP contribution in [0.15, 0.2) is 0 Å². The molecule has 158 valence electrons. The van der Waals surface area contributed by atoms with Gasteiger partial charge in [-0.15, -0.1) is 46.4 Å². The Morgan fingerprint density at radius 1 is 0.542 bits per heavy atom. The first kappa shape index (κ1) is 44.7. The summed E-state index contributed by atoms with van der Waals surface area (Å²) in [5, 5.41) is 0. The van der Waals surface area contributed by atoms with Crippen molar-refractivity contribution in [2.75, 3.05) is 23.5 Å². The second-order valence-corrected chi connectivity index (χ2v) is 6.29. The van der Waals surface area contributed by atoms with Crippen LogP contribution in [0.1, 0.15) is 41.5 Å². The fraction of sp³-hybridized carbons (Fsp3) is 1.00. The third-order valence-corrected chi connectivity index (χ3v) is 0. The number of halogens is 4. The summed E-state index contributed by atoms with van der Waals surface area (Å²) in [7, 11) is -9.28. The van der Waals surface area contributed by atoms with Crippen LogP contribution in [-0.4, -0.2) is 52.9 Å². The van der Waals surface area contributed by atoms with Gasteiger partial charge in [-0.3, -0.25) is 0 Å². The average Bonchev–Trinajstić information content (AvgIpc) is 2.30. The van der Waals surface area contributed by atoms with E-state index >= 15 is 0 Å². The highest BCUT2D eigenvalue weighted by Crippen LogP contribution is 2.26. The maximum atomic E-state index is 8.88. The van der Waals surface area contributed by atoms with Gasteiger partial charge in [0.2, 0.25) is 0 Å². The second-order valence-electron chi connectivity index (χ2n) is 2.10. The smallest absolute Gasteiger partial charge is 0.303 e. The summed E-state index contributed by atoms with van der Waals surface area (Å²) in [6.07, 6.45) is 0. The zero-order valence-electron chi connectivity index (χ0n) is 14.7. The number of rotatable bonds is 0. The molecule has 0 rings (SSSR count). The normalized spacial score (nSPS) is 8.17. The van der Waals surface area contributed by atoms with E-state index in [9.17, 15) is 0 Å². The molecule has 0 spiro atoms. The fourth-order valence-corrected chi connectivity index (χ4v) is 0. The Kier molecular flexibility index (Phi) is 82.1. The topological polar surface area (TPSA) is 156 Å². The van der Waals surface area contributed by atoms with Crippen molar-refractivity contribution < 1.29 is 38.5 Å². The molecule has 0 fully saturated rings. The summed E-state index contributed by atoms with van der Waals surface area (Å²) in [5.74, 6) is 2.89. The first-order valence-electron chi connectivity index (χ1n) is 6.46. The first-order chi connectivity index (χ1) is 10.7. The first-order valence-corrected chi connectivity index (χ1v) is 11.7. The van der Waals surface area contributed by atoms with Gasteiger partial charge in [-0.25, -0.2) is 9.13 Å². The van der Waals surface area contributed by atoms with Crippen LogP contribution in [0.4, 0.5) is 0 Å². The molecular weight excluding hydrogens is 452 g/mol. The lowest BCUT2D eigenvalue weighted by Gasteiger charge is -1.82. The predicted molar refractivity (Wildman–Crippen MR) is 105 cm³/mol. The van der Waals surface area contributed by atoms with Crippen molar-refractivity contribution in [1.82, 2.24) is 0 Å². The van der Waals surface area contributed by atoms with E-state index in [1.54, 1.807) is 0 Å². The quantitative estimate of drug-likeness (QED) is 0.221. The van der Waals surface area contributed by atoms with E-state index in [2.05, 4.69) is 0 Å². The molecule has 14 heteroatoms. The lowest BCUT2D eigenvalue weighted by atomic mass is 11.0. The molecule has 0 radical (unpaired) electrons. The standard InChI is InChI=1S/4C2H5Cl.C2H6.2H3O4P/c4*1-2-3;1-2;2*1-5(2,3)4/h4*2H2,1H3;1-2H3;2*(H3,1,2,3,4). The zero-order chi connectivity index (χ0) is 21.8. The highest BCUT2D eigenvalue weighted by molar-refractivity contribution is 7.45. The highest BCUT2D eigenvalue weighted by atomic mass is 35.5. The van der Waals surface area contributed by atoms with Gasteiger partial charge < -0.3 is 29.4 Å². The van der Waals surface area contributed by atoms with E-state index in [4.69, 9.17) is 84.9 Å². The summed E-state index contributed by atoms with van der Waals surface area (Å²) < 4.78 is 17.8. The Hall–Kier alpha value is 1.38. The van der Waals surface area contributed by atoms with Gasteiger partial charge in [0, 0.05) is 23.5 Å². The SMILES string of the molecule is CC.CCCl.CCCl.CCCl.CCCl.O=P(O)(O)O.O=P(O)(O)O. The Bertz CT molecular complexity index is 194. The van der Waals surface area contributed by atoms with Gasteiger partial charge in [0.1, 0.15) is 0 Å². The van der Waals surface area contributed by atoms with Crippen LogP contribution >= 0.6 is 62.0 Å². The molecule has 24 heavy (non-hydrogen) atoms. The van der Waals surface area contributed by atoms with Gasteiger partial charge in [0.25, 0.3) is 0 Å². The minimum atomic E-state index is -4.64. The molecular formula is C10H32Cl4O8P2. The third kappa shape index (κ3) is 6150. The van der Waals surface area contributed by atoms with Crippen LogP contribution in [0.3, 0.4) is 0 Å². The summed E-state index contributed by atoms with van der Waals surface area (Å²) in [6.45, 7) is 11.6. The molecule has 0 saturated heterocycles. The summed E-state index contributed by atoms with van der Waals surface area (Å²) in [4.78, 5) is 43.1. The number of phosphoric acid groups is 2. The van der Waals surface area contributed by atoms with Crippen LogP contribution in [-0.2, 0) is 9.13 Å². The van der Waals surface area contributed by atoms with Crippen LogP contribution in [0.2, 0.25) is 0 Å². The Labute approximate surface area is 165 Å². The minimum Gasteiger partial charge on any atom is -0.303 e. The predicted octanol–water partition coefficient (Wildman–Crippen LogP) is 4.15. The van der Waals surface area contributed by atoms with Crippen molar-refractivity contribution >= 4 is 62.0 Å². The van der Waals surface area contributed by atoms with E-state index in [1.807, 2.05) is 41.5 Å². The molecule has 0 heterocycles. The molecule has 0 aromatic rings. The van der Waals surface area contributed by atoms with Crippen molar-refractivity contribution in [2.45, 2.75) is 41.5 Å². The fourth-order valence-electron chi connectivity index (χ4n) is 0. The van der Waals surface area contributed by atoms with Crippen LogP contribution in [0.25, 0.3) is 0 Å².